The molecular formula is C15H23N3O3. The summed E-state index contributed by atoms with van der Waals surface area (Å²) in [5.74, 6) is 0.0841. The van der Waals surface area contributed by atoms with Crippen LogP contribution >= 0.6 is 0 Å². The molecule has 0 radical (unpaired) electrons. The molecule has 0 aliphatic carbocycles. The van der Waals surface area contributed by atoms with Gasteiger partial charge in [0.05, 0.1) is 5.56 Å². The number of benzene rings is 1. The van der Waals surface area contributed by atoms with Gasteiger partial charge in [-0.3, -0.25) is 9.69 Å². The fourth-order valence-electron chi connectivity index (χ4n) is 2.51. The first-order valence-electron chi connectivity index (χ1n) is 7.25. The van der Waals surface area contributed by atoms with Crippen molar-refractivity contribution in [1.29, 1.82) is 0 Å². The molecule has 1 aromatic rings. The number of hydrogen-bond donors (Lipinski definition) is 3. The van der Waals surface area contributed by atoms with Crippen molar-refractivity contribution < 1.29 is 15.0 Å². The maximum Gasteiger partial charge on any atom is 0.257 e. The summed E-state index contributed by atoms with van der Waals surface area (Å²) < 4.78 is 0. The molecule has 0 spiro atoms. The first kappa shape index (κ1) is 15.6. The molecule has 0 bridgehead atoms. The van der Waals surface area contributed by atoms with Gasteiger partial charge in [-0.2, -0.15) is 0 Å². The van der Waals surface area contributed by atoms with Crippen molar-refractivity contribution in [2.45, 2.75) is 6.92 Å². The van der Waals surface area contributed by atoms with E-state index in [0.717, 1.165) is 19.6 Å². The van der Waals surface area contributed by atoms with Crippen LogP contribution in [-0.2, 0) is 0 Å². The molecule has 1 fully saturated rings. The Morgan fingerprint density at radius 1 is 1.29 bits per heavy atom. The average molecular weight is 293 g/mol. The van der Waals surface area contributed by atoms with Crippen LogP contribution in [0.15, 0.2) is 18.2 Å². The van der Waals surface area contributed by atoms with E-state index in [1.54, 1.807) is 4.90 Å². The second kappa shape index (κ2) is 6.78. The van der Waals surface area contributed by atoms with E-state index < -0.39 is 0 Å². The van der Waals surface area contributed by atoms with Gasteiger partial charge in [-0.15, -0.1) is 0 Å². The quantitative estimate of drug-likeness (QED) is 0.701. The van der Waals surface area contributed by atoms with Crippen LogP contribution in [0, 0.1) is 5.92 Å². The molecule has 1 aromatic carbocycles. The molecule has 1 amide bonds. The molecule has 0 aromatic heterocycles. The van der Waals surface area contributed by atoms with E-state index >= 15 is 0 Å². The fraction of sp³-hybridized carbons (Fsp3) is 0.533. The summed E-state index contributed by atoms with van der Waals surface area (Å²) >= 11 is 0. The monoisotopic (exact) mass is 293 g/mol. The third-order valence-corrected chi connectivity index (χ3v) is 3.84. The third-order valence-electron chi connectivity index (χ3n) is 3.84. The van der Waals surface area contributed by atoms with Crippen LogP contribution in [0.3, 0.4) is 0 Å². The van der Waals surface area contributed by atoms with Gasteiger partial charge in [-0.05, 0) is 30.7 Å². The molecule has 4 N–H and O–H groups in total. The smallest absolute Gasteiger partial charge is 0.257 e. The Morgan fingerprint density at radius 3 is 2.57 bits per heavy atom. The molecule has 6 nitrogen and oxygen atoms in total. The molecule has 2 rings (SSSR count). The van der Waals surface area contributed by atoms with Crippen molar-refractivity contribution in [3.63, 3.8) is 0 Å². The molecule has 1 unspecified atom stereocenters. The zero-order valence-electron chi connectivity index (χ0n) is 12.3. The highest BCUT2D eigenvalue weighted by atomic mass is 16.3. The molecule has 6 heteroatoms. The molecule has 116 valence electrons. The highest BCUT2D eigenvalue weighted by Crippen LogP contribution is 2.24. The van der Waals surface area contributed by atoms with Crippen LogP contribution in [-0.4, -0.2) is 65.2 Å². The van der Waals surface area contributed by atoms with Crippen LogP contribution in [0.1, 0.15) is 17.3 Å². The number of rotatable bonds is 4. The molecule has 1 saturated heterocycles. The molecule has 21 heavy (non-hydrogen) atoms. The predicted molar refractivity (Wildman–Crippen MR) is 80.3 cm³/mol. The van der Waals surface area contributed by atoms with Crippen molar-refractivity contribution >= 4 is 5.91 Å². The topological polar surface area (TPSA) is 90.0 Å². The molecule has 0 saturated carbocycles. The van der Waals surface area contributed by atoms with E-state index in [1.807, 2.05) is 0 Å². The summed E-state index contributed by atoms with van der Waals surface area (Å²) in [4.78, 5) is 16.4. The maximum absolute atomic E-state index is 12.4. The summed E-state index contributed by atoms with van der Waals surface area (Å²) in [7, 11) is 0. The first-order valence-corrected chi connectivity index (χ1v) is 7.25. The summed E-state index contributed by atoms with van der Waals surface area (Å²) in [6, 6.07) is 4.00. The van der Waals surface area contributed by atoms with Crippen molar-refractivity contribution in [2.24, 2.45) is 11.7 Å². The summed E-state index contributed by atoms with van der Waals surface area (Å²) in [6.45, 7) is 6.55. The normalized spacial score (nSPS) is 17.7. The molecular weight excluding hydrogens is 270 g/mol. The number of hydrogen-bond acceptors (Lipinski definition) is 5. The summed E-state index contributed by atoms with van der Waals surface area (Å²) in [6.07, 6.45) is 0. The van der Waals surface area contributed by atoms with Crippen molar-refractivity contribution in [1.82, 2.24) is 9.80 Å². The highest BCUT2D eigenvalue weighted by Gasteiger charge is 2.24. The van der Waals surface area contributed by atoms with E-state index in [2.05, 4.69) is 11.8 Å². The number of amides is 1. The summed E-state index contributed by atoms with van der Waals surface area (Å²) in [5, 5.41) is 19.2. The Labute approximate surface area is 124 Å². The van der Waals surface area contributed by atoms with Crippen LogP contribution in [0.2, 0.25) is 0 Å². The lowest BCUT2D eigenvalue weighted by Crippen LogP contribution is -2.50. The minimum Gasteiger partial charge on any atom is -0.508 e. The molecule has 1 atom stereocenters. The van der Waals surface area contributed by atoms with Crippen molar-refractivity contribution in [3.05, 3.63) is 23.8 Å². The van der Waals surface area contributed by atoms with Gasteiger partial charge in [0.2, 0.25) is 0 Å². The molecule has 1 heterocycles. The summed E-state index contributed by atoms with van der Waals surface area (Å²) in [5.41, 5.74) is 5.78. The number of phenols is 2. The van der Waals surface area contributed by atoms with Crippen LogP contribution < -0.4 is 5.73 Å². The average Bonchev–Trinajstić information content (AvgIpc) is 2.49. The Balaban J connectivity index is 1.95. The lowest BCUT2D eigenvalue weighted by Gasteiger charge is -2.35. The number of nitrogens with two attached hydrogens (primary N) is 1. The number of phenolic OH excluding ortho intramolecular Hbond substituents is 2. The minimum atomic E-state index is -0.241. The second-order valence-corrected chi connectivity index (χ2v) is 5.64. The highest BCUT2D eigenvalue weighted by molar-refractivity contribution is 5.97. The number of piperazine rings is 1. The van der Waals surface area contributed by atoms with Gasteiger partial charge >= 0.3 is 0 Å². The van der Waals surface area contributed by atoms with Gasteiger partial charge in [0.15, 0.2) is 0 Å². The maximum atomic E-state index is 12.4. The zero-order chi connectivity index (χ0) is 15.4. The SMILES string of the molecule is CC(CN)CN1CCN(C(=O)c2cc(O)ccc2O)CC1. The van der Waals surface area contributed by atoms with Crippen LogP contribution in [0.25, 0.3) is 0 Å². The van der Waals surface area contributed by atoms with Gasteiger partial charge in [0.25, 0.3) is 5.91 Å². The van der Waals surface area contributed by atoms with E-state index in [1.165, 1.54) is 18.2 Å². The van der Waals surface area contributed by atoms with Crippen molar-refractivity contribution in [2.75, 3.05) is 39.3 Å². The Kier molecular flexibility index (Phi) is 5.03. The number of carbonyl (C=O) groups excluding carboxylic acids is 1. The zero-order valence-corrected chi connectivity index (χ0v) is 12.3. The standard InChI is InChI=1S/C15H23N3O3/c1-11(9-16)10-17-4-6-18(7-5-17)15(21)13-8-12(19)2-3-14(13)20/h2-3,8,11,19-20H,4-7,9-10,16H2,1H3. The molecule has 1 aliphatic rings. The Bertz CT molecular complexity index is 499. The minimum absolute atomic E-state index is 0.0217. The van der Waals surface area contributed by atoms with Gasteiger partial charge in [0.1, 0.15) is 11.5 Å². The molecule has 1 aliphatic heterocycles. The van der Waals surface area contributed by atoms with Crippen molar-refractivity contribution in [3.8, 4) is 11.5 Å². The lowest BCUT2D eigenvalue weighted by atomic mass is 10.1. The van der Waals surface area contributed by atoms with Gasteiger partial charge in [-0.25, -0.2) is 0 Å². The van der Waals surface area contributed by atoms with E-state index in [4.69, 9.17) is 5.73 Å². The lowest BCUT2D eigenvalue weighted by molar-refractivity contribution is 0.0618. The van der Waals surface area contributed by atoms with Crippen LogP contribution in [0.5, 0.6) is 11.5 Å². The van der Waals surface area contributed by atoms with Crippen LogP contribution in [0.4, 0.5) is 0 Å². The largest absolute Gasteiger partial charge is 0.508 e. The number of nitrogens with zero attached hydrogens (tertiary/aromatic N) is 2. The predicted octanol–water partition coefficient (Wildman–Crippen LogP) is 0.450. The van der Waals surface area contributed by atoms with E-state index in [0.29, 0.717) is 25.6 Å². The number of aromatic hydroxyl groups is 2. The number of carbonyl (C=O) groups is 1. The Hall–Kier alpha value is -1.79. The first-order chi connectivity index (χ1) is 10.0. The van der Waals surface area contributed by atoms with E-state index in [-0.39, 0.29) is 23.0 Å². The fourth-order valence-corrected chi connectivity index (χ4v) is 2.51. The van der Waals surface area contributed by atoms with Gasteiger partial charge < -0.3 is 20.8 Å². The van der Waals surface area contributed by atoms with Gasteiger partial charge in [0, 0.05) is 32.7 Å². The second-order valence-electron chi connectivity index (χ2n) is 5.64. The van der Waals surface area contributed by atoms with Gasteiger partial charge in [-0.1, -0.05) is 6.92 Å². The third kappa shape index (κ3) is 3.86. The Morgan fingerprint density at radius 2 is 1.95 bits per heavy atom. The van der Waals surface area contributed by atoms with E-state index in [9.17, 15) is 15.0 Å².